The summed E-state index contributed by atoms with van der Waals surface area (Å²) in [4.78, 5) is 39.1. The monoisotopic (exact) mass is 369 g/mol. The first kappa shape index (κ1) is 18.8. The number of amides is 2. The molecule has 5 nitrogen and oxygen atoms in total. The number of carbonyl (C=O) groups excluding carboxylic acids is 3. The van der Waals surface area contributed by atoms with Gasteiger partial charge in [-0.25, -0.2) is 9.18 Å². The van der Waals surface area contributed by atoms with Crippen LogP contribution in [0.3, 0.4) is 0 Å². The Hall–Kier alpha value is -3.02. The molecular weight excluding hydrogens is 349 g/mol. The van der Waals surface area contributed by atoms with Gasteiger partial charge in [-0.1, -0.05) is 38.1 Å². The van der Waals surface area contributed by atoms with Crippen LogP contribution in [-0.2, 0) is 16.1 Å². The molecule has 0 unspecified atom stereocenters. The van der Waals surface area contributed by atoms with E-state index in [4.69, 9.17) is 4.74 Å². The summed E-state index contributed by atoms with van der Waals surface area (Å²) >= 11 is 0. The average molecular weight is 369 g/mol. The molecule has 0 N–H and O–H groups in total. The van der Waals surface area contributed by atoms with Gasteiger partial charge in [0.15, 0.2) is 0 Å². The fourth-order valence-corrected chi connectivity index (χ4v) is 3.12. The first-order valence-electron chi connectivity index (χ1n) is 8.76. The van der Waals surface area contributed by atoms with Crippen LogP contribution in [0.15, 0.2) is 48.5 Å². The molecule has 1 atom stereocenters. The molecule has 1 aliphatic heterocycles. The molecule has 0 radical (unpaired) electrons. The van der Waals surface area contributed by atoms with E-state index in [0.717, 1.165) is 4.90 Å². The highest BCUT2D eigenvalue weighted by Gasteiger charge is 2.43. The van der Waals surface area contributed by atoms with Gasteiger partial charge in [0, 0.05) is 0 Å². The van der Waals surface area contributed by atoms with Crippen molar-refractivity contribution in [3.63, 3.8) is 0 Å². The quantitative estimate of drug-likeness (QED) is 0.577. The summed E-state index contributed by atoms with van der Waals surface area (Å²) in [6.07, 6.45) is 0.285. The van der Waals surface area contributed by atoms with E-state index >= 15 is 0 Å². The third-order valence-electron chi connectivity index (χ3n) is 4.37. The van der Waals surface area contributed by atoms with E-state index < -0.39 is 29.6 Å². The van der Waals surface area contributed by atoms with E-state index in [1.165, 1.54) is 18.2 Å². The summed E-state index contributed by atoms with van der Waals surface area (Å²) in [7, 11) is 0. The van der Waals surface area contributed by atoms with Crippen molar-refractivity contribution in [2.75, 3.05) is 0 Å². The lowest BCUT2D eigenvalue weighted by Crippen LogP contribution is -2.46. The number of hydrogen-bond donors (Lipinski definition) is 0. The molecule has 27 heavy (non-hydrogen) atoms. The first-order valence-corrected chi connectivity index (χ1v) is 8.76. The van der Waals surface area contributed by atoms with Gasteiger partial charge in [0.25, 0.3) is 11.8 Å². The molecule has 140 valence electrons. The lowest BCUT2D eigenvalue weighted by atomic mass is 10.0. The van der Waals surface area contributed by atoms with Crippen LogP contribution < -0.4 is 0 Å². The Morgan fingerprint density at radius 2 is 1.67 bits per heavy atom. The Labute approximate surface area is 156 Å². The summed E-state index contributed by atoms with van der Waals surface area (Å²) in [5, 5.41) is 0. The molecule has 0 fully saturated rings. The van der Waals surface area contributed by atoms with Crippen molar-refractivity contribution >= 4 is 17.8 Å². The molecular formula is C21H20FNO4. The van der Waals surface area contributed by atoms with Gasteiger partial charge in [0.05, 0.1) is 11.1 Å². The van der Waals surface area contributed by atoms with Crippen molar-refractivity contribution in [3.8, 4) is 0 Å². The Morgan fingerprint density at radius 1 is 1.04 bits per heavy atom. The van der Waals surface area contributed by atoms with Gasteiger partial charge < -0.3 is 4.74 Å². The van der Waals surface area contributed by atoms with E-state index in [1.54, 1.807) is 30.3 Å². The lowest BCUT2D eigenvalue weighted by Gasteiger charge is -2.26. The van der Waals surface area contributed by atoms with E-state index in [2.05, 4.69) is 0 Å². The van der Waals surface area contributed by atoms with Gasteiger partial charge in [-0.05, 0) is 42.2 Å². The van der Waals surface area contributed by atoms with Crippen molar-refractivity contribution in [1.29, 1.82) is 0 Å². The third kappa shape index (κ3) is 3.89. The van der Waals surface area contributed by atoms with Gasteiger partial charge in [-0.2, -0.15) is 0 Å². The lowest BCUT2D eigenvalue weighted by molar-refractivity contribution is -0.150. The Morgan fingerprint density at radius 3 is 2.22 bits per heavy atom. The highest BCUT2D eigenvalue weighted by Crippen LogP contribution is 2.27. The second kappa shape index (κ2) is 7.70. The number of imide groups is 1. The predicted molar refractivity (Wildman–Crippen MR) is 96.4 cm³/mol. The first-order chi connectivity index (χ1) is 12.9. The molecule has 2 amide bonds. The normalized spacial score (nSPS) is 14.4. The third-order valence-corrected chi connectivity index (χ3v) is 4.37. The van der Waals surface area contributed by atoms with E-state index in [1.807, 2.05) is 13.8 Å². The number of ether oxygens (including phenoxy) is 1. The van der Waals surface area contributed by atoms with E-state index in [9.17, 15) is 18.8 Å². The molecule has 1 aliphatic rings. The molecule has 0 aliphatic carbocycles. The molecule has 0 aromatic heterocycles. The largest absolute Gasteiger partial charge is 0.459 e. The van der Waals surface area contributed by atoms with Crippen LogP contribution in [0.25, 0.3) is 0 Å². The zero-order valence-electron chi connectivity index (χ0n) is 15.1. The summed E-state index contributed by atoms with van der Waals surface area (Å²) in [5.41, 5.74) is 1.07. The number of carbonyl (C=O) groups is 3. The van der Waals surface area contributed by atoms with Gasteiger partial charge in [0.1, 0.15) is 18.5 Å². The number of nitrogens with zero attached hydrogens (tertiary/aromatic N) is 1. The van der Waals surface area contributed by atoms with Crippen LogP contribution >= 0.6 is 0 Å². The number of halogens is 1. The average Bonchev–Trinajstić information content (AvgIpc) is 2.89. The Bertz CT molecular complexity index is 858. The van der Waals surface area contributed by atoms with E-state index in [-0.39, 0.29) is 30.1 Å². The van der Waals surface area contributed by atoms with E-state index in [0.29, 0.717) is 5.56 Å². The van der Waals surface area contributed by atoms with Crippen LogP contribution in [0, 0.1) is 11.7 Å². The molecule has 0 saturated carbocycles. The van der Waals surface area contributed by atoms with Crippen molar-refractivity contribution in [1.82, 2.24) is 4.90 Å². The van der Waals surface area contributed by atoms with Crippen molar-refractivity contribution in [2.45, 2.75) is 32.9 Å². The second-order valence-electron chi connectivity index (χ2n) is 6.91. The number of hydrogen-bond acceptors (Lipinski definition) is 4. The maximum absolute atomic E-state index is 13.3. The van der Waals surface area contributed by atoms with Crippen LogP contribution in [-0.4, -0.2) is 28.7 Å². The molecule has 0 saturated heterocycles. The molecule has 0 spiro atoms. The minimum Gasteiger partial charge on any atom is -0.459 e. The Kier molecular flexibility index (Phi) is 5.35. The van der Waals surface area contributed by atoms with Crippen molar-refractivity contribution in [3.05, 3.63) is 71.0 Å². The minimum absolute atomic E-state index is 0.0565. The summed E-state index contributed by atoms with van der Waals surface area (Å²) < 4.78 is 18.6. The highest BCUT2D eigenvalue weighted by molar-refractivity contribution is 6.22. The zero-order chi connectivity index (χ0) is 19.6. The molecule has 1 heterocycles. The number of esters is 1. The predicted octanol–water partition coefficient (Wildman–Crippen LogP) is 3.58. The fraction of sp³-hybridized carbons (Fsp3) is 0.286. The van der Waals surface area contributed by atoms with Gasteiger partial charge in [0.2, 0.25) is 0 Å². The molecule has 3 rings (SSSR count). The second-order valence-corrected chi connectivity index (χ2v) is 6.91. The highest BCUT2D eigenvalue weighted by atomic mass is 19.1. The maximum Gasteiger partial charge on any atom is 0.329 e. The number of rotatable bonds is 6. The van der Waals surface area contributed by atoms with Gasteiger partial charge in [-0.3, -0.25) is 14.5 Å². The van der Waals surface area contributed by atoms with Crippen molar-refractivity contribution in [2.24, 2.45) is 5.92 Å². The number of benzene rings is 2. The SMILES string of the molecule is CC(C)C[C@@H](C(=O)OCc1cccc(F)c1)N1C(=O)c2ccccc2C1=O. The summed E-state index contributed by atoms with van der Waals surface area (Å²) in [6, 6.07) is 11.2. The summed E-state index contributed by atoms with van der Waals surface area (Å²) in [6.45, 7) is 3.66. The van der Waals surface area contributed by atoms with Crippen LogP contribution in [0.5, 0.6) is 0 Å². The van der Waals surface area contributed by atoms with Gasteiger partial charge >= 0.3 is 5.97 Å². The molecule has 2 aromatic carbocycles. The van der Waals surface area contributed by atoms with Crippen LogP contribution in [0.4, 0.5) is 4.39 Å². The zero-order valence-corrected chi connectivity index (χ0v) is 15.1. The van der Waals surface area contributed by atoms with Crippen molar-refractivity contribution < 1.29 is 23.5 Å². The minimum atomic E-state index is -1.02. The molecule has 6 heteroatoms. The van der Waals surface area contributed by atoms with Gasteiger partial charge in [-0.15, -0.1) is 0 Å². The molecule has 0 bridgehead atoms. The fourth-order valence-electron chi connectivity index (χ4n) is 3.12. The number of fused-ring (bicyclic) bond motifs is 1. The summed E-state index contributed by atoms with van der Waals surface area (Å²) in [5.74, 6) is -2.04. The maximum atomic E-state index is 13.3. The van der Waals surface area contributed by atoms with Crippen LogP contribution in [0.2, 0.25) is 0 Å². The Balaban J connectivity index is 1.81. The topological polar surface area (TPSA) is 63.7 Å². The smallest absolute Gasteiger partial charge is 0.329 e. The molecule has 2 aromatic rings. The standard InChI is InChI=1S/C21H20FNO4/c1-13(2)10-18(21(26)27-12-14-6-5-7-15(22)11-14)23-19(24)16-8-3-4-9-17(16)20(23)25/h3-9,11,13,18H,10,12H2,1-2H3/t18-/m0/s1. The van der Waals surface area contributed by atoms with Crippen LogP contribution in [0.1, 0.15) is 46.5 Å².